The van der Waals surface area contributed by atoms with Gasteiger partial charge in [0, 0.05) is 34.1 Å². The molecule has 7 aromatic carbocycles. The maximum atomic E-state index is 2.46. The van der Waals surface area contributed by atoms with Crippen molar-refractivity contribution >= 4 is 34.1 Å². The van der Waals surface area contributed by atoms with Gasteiger partial charge >= 0.3 is 0 Å². The Hall–Kier alpha value is -5.86. The summed E-state index contributed by atoms with van der Waals surface area (Å²) in [5.41, 5.74) is 13.8. The molecule has 2 nitrogen and oxygen atoms in total. The van der Waals surface area contributed by atoms with Crippen LogP contribution in [0, 0.1) is 17.8 Å². The van der Waals surface area contributed by atoms with Crippen LogP contribution < -0.4 is 9.80 Å². The van der Waals surface area contributed by atoms with E-state index < -0.39 is 0 Å². The van der Waals surface area contributed by atoms with Crippen LogP contribution in [0.25, 0.3) is 22.3 Å². The number of anilines is 6. The van der Waals surface area contributed by atoms with Crippen LogP contribution in [0.5, 0.6) is 0 Å². The molecule has 0 atom stereocenters. The summed E-state index contributed by atoms with van der Waals surface area (Å²) in [4.78, 5) is 4.73. The Bertz CT molecular complexity index is 2280. The van der Waals surface area contributed by atoms with Gasteiger partial charge in [0.2, 0.25) is 0 Å². The van der Waals surface area contributed by atoms with Crippen molar-refractivity contribution in [3.8, 4) is 22.3 Å². The molecule has 0 unspecified atom stereocenters. The van der Waals surface area contributed by atoms with Crippen molar-refractivity contribution < 1.29 is 0 Å². The molecule has 4 bridgehead atoms. The number of hydrogen-bond acceptors (Lipinski definition) is 2. The zero-order valence-corrected chi connectivity index (χ0v) is 30.8. The topological polar surface area (TPSA) is 6.48 Å². The molecule has 11 rings (SSSR count). The van der Waals surface area contributed by atoms with E-state index in [9.17, 15) is 0 Å². The lowest BCUT2D eigenvalue weighted by Gasteiger charge is -2.57. The Morgan fingerprint density at radius 2 is 0.574 bits per heavy atom. The number of para-hydroxylation sites is 2. The fourth-order valence-electron chi connectivity index (χ4n) is 10.5. The van der Waals surface area contributed by atoms with Gasteiger partial charge in [0.15, 0.2) is 0 Å². The molecular weight excluding hydrogens is 653 g/mol. The number of hydrogen-bond donors (Lipinski definition) is 0. The van der Waals surface area contributed by atoms with Crippen LogP contribution in [0.3, 0.4) is 0 Å². The summed E-state index contributed by atoms with van der Waals surface area (Å²) >= 11 is 0. The first-order valence-electron chi connectivity index (χ1n) is 19.8. The van der Waals surface area contributed by atoms with E-state index in [1.165, 1.54) is 77.8 Å². The third kappa shape index (κ3) is 6.20. The zero-order chi connectivity index (χ0) is 35.9. The van der Waals surface area contributed by atoms with Gasteiger partial charge in [-0.15, -0.1) is 0 Å². The standard InChI is InChI=1S/C52H46N2/c1-4-10-41(11-5-1)42-16-24-48(25-17-42)53(46-12-6-2-7-13-46)49-26-18-43(19-27-49)44-20-28-50(29-21-44)54(47-14-8-3-9-15-47)51-30-22-45(23-31-51)52-35-38-32-39(36-52)34-40(33-38)37-52/h1-31,38-40H,32-37H2. The van der Waals surface area contributed by atoms with Gasteiger partial charge in [0.1, 0.15) is 0 Å². The highest BCUT2D eigenvalue weighted by Gasteiger charge is 2.51. The number of nitrogens with zero attached hydrogens (tertiary/aromatic N) is 2. The van der Waals surface area contributed by atoms with Gasteiger partial charge < -0.3 is 9.80 Å². The minimum absolute atomic E-state index is 0.410. The molecular formula is C52H46N2. The second kappa shape index (κ2) is 13.8. The Kier molecular flexibility index (Phi) is 8.40. The summed E-state index contributed by atoms with van der Waals surface area (Å²) in [6.07, 6.45) is 8.64. The van der Waals surface area contributed by atoms with Gasteiger partial charge in [0.05, 0.1) is 0 Å². The summed E-state index contributed by atoms with van der Waals surface area (Å²) in [7, 11) is 0. The van der Waals surface area contributed by atoms with Crippen LogP contribution in [0.15, 0.2) is 188 Å². The summed E-state index contributed by atoms with van der Waals surface area (Å²) in [6, 6.07) is 68.6. The van der Waals surface area contributed by atoms with Gasteiger partial charge in [-0.25, -0.2) is 0 Å². The van der Waals surface area contributed by atoms with Crippen molar-refractivity contribution in [2.75, 3.05) is 9.80 Å². The molecule has 264 valence electrons. The van der Waals surface area contributed by atoms with Crippen LogP contribution in [0.4, 0.5) is 34.1 Å². The maximum Gasteiger partial charge on any atom is 0.0462 e. The normalized spacial score (nSPS) is 21.1. The highest BCUT2D eigenvalue weighted by atomic mass is 15.1. The molecule has 4 aliphatic carbocycles. The smallest absolute Gasteiger partial charge is 0.0462 e. The van der Waals surface area contributed by atoms with Crippen molar-refractivity contribution in [3.63, 3.8) is 0 Å². The minimum Gasteiger partial charge on any atom is -0.311 e. The van der Waals surface area contributed by atoms with Gasteiger partial charge in [0.25, 0.3) is 0 Å². The van der Waals surface area contributed by atoms with Crippen molar-refractivity contribution in [3.05, 3.63) is 194 Å². The zero-order valence-electron chi connectivity index (χ0n) is 30.8. The molecule has 7 aromatic rings. The van der Waals surface area contributed by atoms with Crippen LogP contribution in [-0.4, -0.2) is 0 Å². The molecule has 0 N–H and O–H groups in total. The largest absolute Gasteiger partial charge is 0.311 e. The Balaban J connectivity index is 0.923. The molecule has 0 amide bonds. The van der Waals surface area contributed by atoms with Crippen molar-refractivity contribution in [1.29, 1.82) is 0 Å². The fraction of sp³-hybridized carbons (Fsp3) is 0.192. The van der Waals surface area contributed by atoms with Gasteiger partial charge in [-0.3, -0.25) is 0 Å². The third-order valence-electron chi connectivity index (χ3n) is 12.6. The lowest BCUT2D eigenvalue weighted by Crippen LogP contribution is -2.48. The highest BCUT2D eigenvalue weighted by molar-refractivity contribution is 5.81. The molecule has 0 saturated heterocycles. The summed E-state index contributed by atoms with van der Waals surface area (Å²) in [5.74, 6) is 2.85. The predicted molar refractivity (Wildman–Crippen MR) is 227 cm³/mol. The van der Waals surface area contributed by atoms with Crippen molar-refractivity contribution in [2.24, 2.45) is 17.8 Å². The van der Waals surface area contributed by atoms with Gasteiger partial charge in [-0.1, -0.05) is 115 Å². The molecule has 0 spiro atoms. The molecule has 0 radical (unpaired) electrons. The fourth-order valence-corrected chi connectivity index (χ4v) is 10.5. The highest BCUT2D eigenvalue weighted by Crippen LogP contribution is 2.61. The second-order valence-corrected chi connectivity index (χ2v) is 16.1. The molecule has 4 saturated carbocycles. The average Bonchev–Trinajstić information content (AvgIpc) is 3.23. The summed E-state index contributed by atoms with van der Waals surface area (Å²) in [6.45, 7) is 0. The molecule has 0 aromatic heterocycles. The van der Waals surface area contributed by atoms with Crippen LogP contribution >= 0.6 is 0 Å². The van der Waals surface area contributed by atoms with E-state index in [2.05, 4.69) is 198 Å². The molecule has 2 heteroatoms. The van der Waals surface area contributed by atoms with E-state index in [-0.39, 0.29) is 0 Å². The first-order chi connectivity index (χ1) is 26.7. The minimum atomic E-state index is 0.410. The van der Waals surface area contributed by atoms with Crippen LogP contribution in [-0.2, 0) is 5.41 Å². The Labute approximate surface area is 320 Å². The van der Waals surface area contributed by atoms with Crippen LogP contribution in [0.2, 0.25) is 0 Å². The number of rotatable bonds is 9. The monoisotopic (exact) mass is 698 g/mol. The Morgan fingerprint density at radius 1 is 0.296 bits per heavy atom. The first-order valence-corrected chi connectivity index (χ1v) is 19.8. The SMILES string of the molecule is c1ccc(-c2ccc(N(c3ccccc3)c3ccc(-c4ccc(N(c5ccccc5)c5ccc(C67CC8CC(CC(C8)C6)C7)cc5)cc4)cc3)cc2)cc1. The van der Waals surface area contributed by atoms with Gasteiger partial charge in [-0.05, 0) is 162 Å². The molecule has 54 heavy (non-hydrogen) atoms. The van der Waals surface area contributed by atoms with Crippen molar-refractivity contribution in [2.45, 2.75) is 43.9 Å². The van der Waals surface area contributed by atoms with E-state index in [1.54, 1.807) is 5.56 Å². The third-order valence-corrected chi connectivity index (χ3v) is 12.6. The first kappa shape index (κ1) is 32.8. The lowest BCUT2D eigenvalue weighted by atomic mass is 9.48. The molecule has 0 heterocycles. The van der Waals surface area contributed by atoms with Gasteiger partial charge in [-0.2, -0.15) is 0 Å². The number of benzene rings is 7. The maximum absolute atomic E-state index is 2.46. The molecule has 4 aliphatic rings. The second-order valence-electron chi connectivity index (χ2n) is 16.1. The van der Waals surface area contributed by atoms with E-state index in [4.69, 9.17) is 0 Å². The lowest BCUT2D eigenvalue weighted by molar-refractivity contribution is -0.00518. The quantitative estimate of drug-likeness (QED) is 0.148. The molecule has 4 fully saturated rings. The Morgan fingerprint density at radius 3 is 0.926 bits per heavy atom. The predicted octanol–water partition coefficient (Wildman–Crippen LogP) is 14.4. The van der Waals surface area contributed by atoms with E-state index in [0.29, 0.717) is 5.41 Å². The average molecular weight is 699 g/mol. The van der Waals surface area contributed by atoms with Crippen LogP contribution in [0.1, 0.15) is 44.1 Å². The summed E-state index contributed by atoms with van der Waals surface area (Å²) in [5, 5.41) is 0. The van der Waals surface area contributed by atoms with E-state index >= 15 is 0 Å². The summed E-state index contributed by atoms with van der Waals surface area (Å²) < 4.78 is 0. The van der Waals surface area contributed by atoms with E-state index in [0.717, 1.165) is 34.8 Å². The molecule has 0 aliphatic heterocycles. The van der Waals surface area contributed by atoms with E-state index in [1.807, 2.05) is 0 Å². The van der Waals surface area contributed by atoms with Crippen molar-refractivity contribution in [1.82, 2.24) is 0 Å².